The summed E-state index contributed by atoms with van der Waals surface area (Å²) >= 11 is 5.93. The second kappa shape index (κ2) is 10.3. The van der Waals surface area contributed by atoms with Crippen molar-refractivity contribution in [2.24, 2.45) is 17.0 Å². The Morgan fingerprint density at radius 3 is 2.74 bits per heavy atom. The number of nitrogens with two attached hydrogens (primary N) is 1. The quantitative estimate of drug-likeness (QED) is 0.417. The fourth-order valence-electron chi connectivity index (χ4n) is 4.21. The standard InChI is InChI=1S/C22H24ClN5O5S/c23-17-3-1-14(2-4-17)11-28-6-5-19(27-28)22(30)18-10-25-13-26-20(18)8-15-7-16(21(29)9-15)12-33-34(24,31)32/h1-6,10,13,15-16,21,29H,7-9,11-12H2,(H2,24,31,32)/t15-,16+,21-/m0/s1. The smallest absolute Gasteiger partial charge is 0.333 e. The Morgan fingerprint density at radius 2 is 2.00 bits per heavy atom. The predicted molar refractivity (Wildman–Crippen MR) is 123 cm³/mol. The number of aliphatic hydroxyl groups is 1. The Kier molecular flexibility index (Phi) is 7.39. The summed E-state index contributed by atoms with van der Waals surface area (Å²) in [7, 11) is -4.07. The van der Waals surface area contributed by atoms with E-state index in [4.69, 9.17) is 16.7 Å². The number of carbonyl (C=O) groups excluding carboxylic acids is 1. The van der Waals surface area contributed by atoms with E-state index in [9.17, 15) is 18.3 Å². The number of nitrogens with zero attached hydrogens (tertiary/aromatic N) is 4. The summed E-state index contributed by atoms with van der Waals surface area (Å²) < 4.78 is 28.4. The zero-order chi connectivity index (χ0) is 24.3. The van der Waals surface area contributed by atoms with Crippen LogP contribution >= 0.6 is 11.6 Å². The molecule has 180 valence electrons. The Bertz CT molecular complexity index is 1260. The lowest BCUT2D eigenvalue weighted by Gasteiger charge is -2.13. The third kappa shape index (κ3) is 6.24. The summed E-state index contributed by atoms with van der Waals surface area (Å²) in [6, 6.07) is 9.03. The van der Waals surface area contributed by atoms with Gasteiger partial charge in [0.05, 0.1) is 30.5 Å². The minimum absolute atomic E-state index is 0.00649. The third-order valence-corrected chi connectivity index (χ3v) is 6.57. The summed E-state index contributed by atoms with van der Waals surface area (Å²) in [5.74, 6) is -0.668. The summed E-state index contributed by atoms with van der Waals surface area (Å²) in [4.78, 5) is 21.5. The second-order valence-electron chi connectivity index (χ2n) is 8.38. The van der Waals surface area contributed by atoms with E-state index in [0.717, 1.165) is 5.56 Å². The van der Waals surface area contributed by atoms with Crippen molar-refractivity contribution in [2.45, 2.75) is 31.9 Å². The molecule has 3 atom stereocenters. The number of ketones is 1. The molecule has 1 aromatic carbocycles. The molecule has 3 N–H and O–H groups in total. The topological polar surface area (TPSA) is 150 Å². The maximum Gasteiger partial charge on any atom is 0.333 e. The first-order valence-corrected chi connectivity index (χ1v) is 12.5. The lowest BCUT2D eigenvalue weighted by Crippen LogP contribution is -2.24. The summed E-state index contributed by atoms with van der Waals surface area (Å²) in [5, 5.41) is 20.2. The highest BCUT2D eigenvalue weighted by molar-refractivity contribution is 7.84. The first-order valence-electron chi connectivity index (χ1n) is 10.6. The lowest BCUT2D eigenvalue weighted by atomic mass is 9.96. The van der Waals surface area contributed by atoms with Crippen LogP contribution < -0.4 is 5.14 Å². The monoisotopic (exact) mass is 505 g/mol. The van der Waals surface area contributed by atoms with E-state index in [1.807, 2.05) is 12.1 Å². The second-order valence-corrected chi connectivity index (χ2v) is 10.0. The van der Waals surface area contributed by atoms with Crippen molar-refractivity contribution in [3.63, 3.8) is 0 Å². The van der Waals surface area contributed by atoms with Crippen molar-refractivity contribution < 1.29 is 22.5 Å². The molecule has 3 aromatic rings. The molecule has 0 unspecified atom stereocenters. The number of rotatable bonds is 9. The van der Waals surface area contributed by atoms with Gasteiger partial charge in [0, 0.05) is 23.3 Å². The molecule has 4 rings (SSSR count). The first kappa shape index (κ1) is 24.4. The average molecular weight is 506 g/mol. The Labute approximate surface area is 202 Å². The molecule has 12 heteroatoms. The molecule has 1 fully saturated rings. The van der Waals surface area contributed by atoms with Crippen LogP contribution in [0.3, 0.4) is 0 Å². The molecule has 0 spiro atoms. The van der Waals surface area contributed by atoms with Crippen LogP contribution in [0.1, 0.15) is 40.2 Å². The molecule has 0 aliphatic heterocycles. The highest BCUT2D eigenvalue weighted by atomic mass is 35.5. The summed E-state index contributed by atoms with van der Waals surface area (Å²) in [6.45, 7) is 0.307. The van der Waals surface area contributed by atoms with Gasteiger partial charge in [-0.05, 0) is 48.9 Å². The van der Waals surface area contributed by atoms with Crippen molar-refractivity contribution >= 4 is 27.7 Å². The maximum absolute atomic E-state index is 13.2. The van der Waals surface area contributed by atoms with Crippen molar-refractivity contribution in [1.29, 1.82) is 0 Å². The van der Waals surface area contributed by atoms with E-state index >= 15 is 0 Å². The Morgan fingerprint density at radius 1 is 1.24 bits per heavy atom. The van der Waals surface area contributed by atoms with E-state index in [2.05, 4.69) is 19.2 Å². The van der Waals surface area contributed by atoms with Gasteiger partial charge >= 0.3 is 10.3 Å². The molecule has 1 aliphatic carbocycles. The van der Waals surface area contributed by atoms with Gasteiger partial charge in [-0.3, -0.25) is 13.7 Å². The van der Waals surface area contributed by atoms with Gasteiger partial charge in [-0.15, -0.1) is 0 Å². The van der Waals surface area contributed by atoms with Crippen LogP contribution in [-0.2, 0) is 27.5 Å². The number of carbonyl (C=O) groups is 1. The molecule has 0 radical (unpaired) electrons. The molecule has 1 saturated carbocycles. The zero-order valence-corrected chi connectivity index (χ0v) is 19.7. The summed E-state index contributed by atoms with van der Waals surface area (Å²) in [5.41, 5.74) is 2.17. The van der Waals surface area contributed by atoms with Gasteiger partial charge in [0.15, 0.2) is 0 Å². The van der Waals surface area contributed by atoms with Crippen LogP contribution in [0.25, 0.3) is 0 Å². The molecule has 10 nitrogen and oxygen atoms in total. The largest absolute Gasteiger partial charge is 0.393 e. The van der Waals surface area contributed by atoms with E-state index in [-0.39, 0.29) is 29.9 Å². The van der Waals surface area contributed by atoms with Gasteiger partial charge in [-0.1, -0.05) is 23.7 Å². The Balaban J connectivity index is 1.44. The van der Waals surface area contributed by atoms with Gasteiger partial charge in [0.25, 0.3) is 0 Å². The van der Waals surface area contributed by atoms with E-state index in [0.29, 0.717) is 42.1 Å². The Hall–Kier alpha value is -2.70. The number of halogens is 1. The lowest BCUT2D eigenvalue weighted by molar-refractivity contribution is 0.100. The molecular formula is C22H24ClN5O5S. The van der Waals surface area contributed by atoms with Gasteiger partial charge in [-0.2, -0.15) is 13.5 Å². The summed E-state index contributed by atoms with van der Waals surface area (Å²) in [6.07, 6.45) is 5.23. The molecule has 0 amide bonds. The van der Waals surface area contributed by atoms with E-state index in [1.165, 1.54) is 12.5 Å². The number of aliphatic hydroxyl groups excluding tert-OH is 1. The molecule has 0 saturated heterocycles. The SMILES string of the molecule is NS(=O)(=O)OC[C@H]1C[C@@H](Cc2ncncc2C(=O)c2ccn(Cc3ccc(Cl)cc3)n2)C[C@@H]1O. The third-order valence-electron chi connectivity index (χ3n) is 5.85. The normalized spacial score (nSPS) is 20.5. The van der Waals surface area contributed by atoms with Crippen LogP contribution in [0.2, 0.25) is 5.02 Å². The van der Waals surface area contributed by atoms with E-state index in [1.54, 1.807) is 29.1 Å². The van der Waals surface area contributed by atoms with Crippen molar-refractivity contribution in [1.82, 2.24) is 19.7 Å². The number of aromatic nitrogens is 4. The van der Waals surface area contributed by atoms with Crippen molar-refractivity contribution in [2.75, 3.05) is 6.61 Å². The van der Waals surface area contributed by atoms with Crippen LogP contribution in [0.5, 0.6) is 0 Å². The van der Waals surface area contributed by atoms with Crippen LogP contribution in [0.15, 0.2) is 49.1 Å². The predicted octanol–water partition coefficient (Wildman–Crippen LogP) is 1.76. The highest BCUT2D eigenvalue weighted by Crippen LogP contribution is 2.34. The number of hydrogen-bond acceptors (Lipinski definition) is 8. The number of benzene rings is 1. The number of hydrogen-bond donors (Lipinski definition) is 2. The molecule has 1 aliphatic rings. The van der Waals surface area contributed by atoms with Crippen molar-refractivity contribution in [3.8, 4) is 0 Å². The van der Waals surface area contributed by atoms with Gasteiger partial charge in [-0.25, -0.2) is 15.1 Å². The van der Waals surface area contributed by atoms with E-state index < -0.39 is 16.4 Å². The van der Waals surface area contributed by atoms with Crippen LogP contribution in [0.4, 0.5) is 0 Å². The maximum atomic E-state index is 13.2. The molecule has 34 heavy (non-hydrogen) atoms. The van der Waals surface area contributed by atoms with Gasteiger partial charge in [0.2, 0.25) is 5.78 Å². The fourth-order valence-corrected chi connectivity index (χ4v) is 4.70. The van der Waals surface area contributed by atoms with Crippen LogP contribution in [0, 0.1) is 11.8 Å². The minimum atomic E-state index is -4.07. The molecular weight excluding hydrogens is 482 g/mol. The minimum Gasteiger partial charge on any atom is -0.393 e. The van der Waals surface area contributed by atoms with Gasteiger partial charge < -0.3 is 5.11 Å². The van der Waals surface area contributed by atoms with Gasteiger partial charge in [0.1, 0.15) is 12.0 Å². The molecule has 0 bridgehead atoms. The average Bonchev–Trinajstić information content (AvgIpc) is 3.39. The highest BCUT2D eigenvalue weighted by Gasteiger charge is 2.35. The zero-order valence-electron chi connectivity index (χ0n) is 18.1. The van der Waals surface area contributed by atoms with Crippen LogP contribution in [-0.4, -0.2) is 51.8 Å². The molecule has 2 aromatic heterocycles. The fraction of sp³-hybridized carbons (Fsp3) is 0.364. The molecule has 2 heterocycles. The van der Waals surface area contributed by atoms with Crippen molar-refractivity contribution in [3.05, 3.63) is 76.6 Å². The first-order chi connectivity index (χ1) is 16.2.